The SMILES string of the molecule is COc1cc(C(=O)O)cc(NS(=O)(=O)c2cn3c(n2)CCCC3C)c1OC. The highest BCUT2D eigenvalue weighted by Crippen LogP contribution is 2.38. The van der Waals surface area contributed by atoms with Gasteiger partial charge in [-0.2, -0.15) is 8.42 Å². The number of imidazole rings is 1. The Morgan fingerprint density at radius 3 is 2.67 bits per heavy atom. The van der Waals surface area contributed by atoms with Crippen LogP contribution in [0, 0.1) is 0 Å². The molecule has 0 saturated carbocycles. The van der Waals surface area contributed by atoms with Crippen molar-refractivity contribution in [2.24, 2.45) is 0 Å². The molecule has 1 aliphatic rings. The van der Waals surface area contributed by atoms with Crippen LogP contribution in [-0.2, 0) is 16.4 Å². The highest BCUT2D eigenvalue weighted by Gasteiger charge is 2.27. The standard InChI is InChI=1S/C17H21N3O6S/c1-10-5-4-6-14-18-15(9-20(10)14)27(23,24)19-12-7-11(17(21)22)8-13(25-2)16(12)26-3/h7-10,19H,4-6H2,1-3H3,(H,21,22). The zero-order valence-electron chi connectivity index (χ0n) is 15.2. The van der Waals surface area contributed by atoms with Gasteiger partial charge in [-0.25, -0.2) is 9.78 Å². The molecule has 1 aromatic heterocycles. The number of benzene rings is 1. The second kappa shape index (κ2) is 7.10. The first-order chi connectivity index (χ1) is 12.8. The summed E-state index contributed by atoms with van der Waals surface area (Å²) in [5, 5.41) is 9.14. The molecule has 9 nitrogen and oxygen atoms in total. The zero-order valence-corrected chi connectivity index (χ0v) is 16.0. The van der Waals surface area contributed by atoms with Gasteiger partial charge in [0.15, 0.2) is 16.5 Å². The highest BCUT2D eigenvalue weighted by atomic mass is 32.2. The van der Waals surface area contributed by atoms with Crippen LogP contribution in [0.2, 0.25) is 0 Å². The third-order valence-electron chi connectivity index (χ3n) is 4.53. The molecule has 0 saturated heterocycles. The summed E-state index contributed by atoms with van der Waals surface area (Å²) in [6, 6.07) is 2.62. The van der Waals surface area contributed by atoms with Gasteiger partial charge in [-0.05, 0) is 31.9 Å². The average molecular weight is 395 g/mol. The van der Waals surface area contributed by atoms with E-state index >= 15 is 0 Å². The topological polar surface area (TPSA) is 120 Å². The summed E-state index contributed by atoms with van der Waals surface area (Å²) < 4.78 is 40.3. The van der Waals surface area contributed by atoms with Gasteiger partial charge in [0.1, 0.15) is 5.82 Å². The molecule has 0 radical (unpaired) electrons. The summed E-state index contributed by atoms with van der Waals surface area (Å²) in [4.78, 5) is 15.6. The number of methoxy groups -OCH3 is 2. The Kier molecular flexibility index (Phi) is 5.01. The molecule has 1 aromatic carbocycles. The first-order valence-electron chi connectivity index (χ1n) is 8.36. The number of nitrogens with zero attached hydrogens (tertiary/aromatic N) is 2. The normalized spacial score (nSPS) is 16.5. The van der Waals surface area contributed by atoms with Crippen molar-refractivity contribution in [3.8, 4) is 11.5 Å². The van der Waals surface area contributed by atoms with E-state index in [2.05, 4.69) is 9.71 Å². The zero-order chi connectivity index (χ0) is 19.8. The lowest BCUT2D eigenvalue weighted by molar-refractivity contribution is 0.0696. The van der Waals surface area contributed by atoms with Gasteiger partial charge >= 0.3 is 5.97 Å². The van der Waals surface area contributed by atoms with Crippen LogP contribution in [0.5, 0.6) is 11.5 Å². The molecule has 0 fully saturated rings. The number of carbonyl (C=O) groups is 1. The van der Waals surface area contributed by atoms with Crippen LogP contribution in [0.1, 0.15) is 42.0 Å². The second-order valence-corrected chi connectivity index (χ2v) is 7.94. The number of carboxylic acids is 1. The largest absolute Gasteiger partial charge is 0.493 e. The molecule has 27 heavy (non-hydrogen) atoms. The highest BCUT2D eigenvalue weighted by molar-refractivity contribution is 7.92. The Hall–Kier alpha value is -2.75. The smallest absolute Gasteiger partial charge is 0.335 e. The number of rotatable bonds is 6. The van der Waals surface area contributed by atoms with Crippen LogP contribution in [0.15, 0.2) is 23.4 Å². The molecule has 0 bridgehead atoms. The van der Waals surface area contributed by atoms with Crippen LogP contribution >= 0.6 is 0 Å². The molecule has 0 amide bonds. The molecule has 0 aliphatic carbocycles. The fourth-order valence-corrected chi connectivity index (χ4v) is 4.18. The van der Waals surface area contributed by atoms with Crippen molar-refractivity contribution >= 4 is 21.7 Å². The molecule has 2 aromatic rings. The molecule has 1 unspecified atom stereocenters. The molecule has 0 spiro atoms. The van der Waals surface area contributed by atoms with Crippen molar-refractivity contribution in [1.82, 2.24) is 9.55 Å². The van der Waals surface area contributed by atoms with Gasteiger partial charge in [0.25, 0.3) is 10.0 Å². The number of sulfonamides is 1. The van der Waals surface area contributed by atoms with E-state index in [1.165, 1.54) is 32.5 Å². The van der Waals surface area contributed by atoms with E-state index in [9.17, 15) is 18.3 Å². The Labute approximate surface area is 157 Å². The van der Waals surface area contributed by atoms with Gasteiger partial charge in [-0.1, -0.05) is 0 Å². The maximum absolute atomic E-state index is 12.8. The number of carboxylic acid groups (broad SMARTS) is 1. The third-order valence-corrected chi connectivity index (χ3v) is 5.77. The second-order valence-electron chi connectivity index (χ2n) is 6.31. The van der Waals surface area contributed by atoms with Gasteiger partial charge in [0.05, 0.1) is 25.5 Å². The number of fused-ring (bicyclic) bond motifs is 1. The van der Waals surface area contributed by atoms with Crippen molar-refractivity contribution in [3.05, 3.63) is 29.7 Å². The van der Waals surface area contributed by atoms with Gasteiger partial charge in [-0.15, -0.1) is 0 Å². The third kappa shape index (κ3) is 3.57. The van der Waals surface area contributed by atoms with Crippen LogP contribution < -0.4 is 14.2 Å². The number of nitrogens with one attached hydrogen (secondary N) is 1. The first kappa shape index (κ1) is 19.0. The maximum atomic E-state index is 12.8. The number of hydrogen-bond donors (Lipinski definition) is 2. The van der Waals surface area contributed by atoms with Gasteiger partial charge in [0.2, 0.25) is 0 Å². The number of aromatic nitrogens is 2. The fraction of sp³-hybridized carbons (Fsp3) is 0.412. The van der Waals surface area contributed by atoms with E-state index in [4.69, 9.17) is 9.47 Å². The van der Waals surface area contributed by atoms with E-state index in [0.717, 1.165) is 18.7 Å². The van der Waals surface area contributed by atoms with Crippen LogP contribution in [0.3, 0.4) is 0 Å². The quantitative estimate of drug-likeness (QED) is 0.770. The molecule has 3 rings (SSSR count). The van der Waals surface area contributed by atoms with E-state index < -0.39 is 16.0 Å². The molecule has 1 atom stereocenters. The molecular formula is C17H21N3O6S. The summed E-state index contributed by atoms with van der Waals surface area (Å²) >= 11 is 0. The van der Waals surface area contributed by atoms with Crippen LogP contribution in [-0.4, -0.2) is 43.3 Å². The van der Waals surface area contributed by atoms with Crippen LogP contribution in [0.25, 0.3) is 0 Å². The maximum Gasteiger partial charge on any atom is 0.335 e. The Balaban J connectivity index is 2.03. The minimum Gasteiger partial charge on any atom is -0.493 e. The number of aromatic carboxylic acids is 1. The lowest BCUT2D eigenvalue weighted by Gasteiger charge is -2.20. The van der Waals surface area contributed by atoms with Crippen molar-refractivity contribution in [2.45, 2.75) is 37.3 Å². The van der Waals surface area contributed by atoms with E-state index in [1.54, 1.807) is 0 Å². The number of ether oxygens (including phenoxy) is 2. The summed E-state index contributed by atoms with van der Waals surface area (Å²) in [6.07, 6.45) is 4.14. The lowest BCUT2D eigenvalue weighted by atomic mass is 10.1. The van der Waals surface area contributed by atoms with Crippen LogP contribution in [0.4, 0.5) is 5.69 Å². The Morgan fingerprint density at radius 2 is 2.07 bits per heavy atom. The molecule has 1 aliphatic heterocycles. The van der Waals surface area contributed by atoms with Gasteiger partial charge in [-0.3, -0.25) is 4.72 Å². The minimum absolute atomic E-state index is 0.0340. The predicted molar refractivity (Wildman–Crippen MR) is 97.2 cm³/mol. The van der Waals surface area contributed by atoms with Gasteiger partial charge < -0.3 is 19.1 Å². The van der Waals surface area contributed by atoms with Crippen molar-refractivity contribution < 1.29 is 27.8 Å². The molecular weight excluding hydrogens is 374 g/mol. The van der Waals surface area contributed by atoms with E-state index in [1.807, 2.05) is 11.5 Å². The molecule has 146 valence electrons. The fourth-order valence-electron chi connectivity index (χ4n) is 3.16. The van der Waals surface area contributed by atoms with Crippen molar-refractivity contribution in [2.75, 3.05) is 18.9 Å². The van der Waals surface area contributed by atoms with Crippen molar-refractivity contribution in [1.29, 1.82) is 0 Å². The Bertz CT molecular complexity index is 983. The number of hydrogen-bond acceptors (Lipinski definition) is 6. The lowest BCUT2D eigenvalue weighted by Crippen LogP contribution is -2.15. The molecule has 2 heterocycles. The molecule has 2 N–H and O–H groups in total. The van der Waals surface area contributed by atoms with Crippen molar-refractivity contribution in [3.63, 3.8) is 0 Å². The van der Waals surface area contributed by atoms with E-state index in [0.29, 0.717) is 6.42 Å². The summed E-state index contributed by atoms with van der Waals surface area (Å²) in [7, 11) is -1.36. The first-order valence-corrected chi connectivity index (χ1v) is 9.85. The monoisotopic (exact) mass is 395 g/mol. The summed E-state index contributed by atoms with van der Waals surface area (Å²) in [6.45, 7) is 2.01. The average Bonchev–Trinajstić information content (AvgIpc) is 3.07. The van der Waals surface area contributed by atoms with E-state index in [-0.39, 0.29) is 33.8 Å². The minimum atomic E-state index is -4.04. The van der Waals surface area contributed by atoms with Gasteiger partial charge in [0, 0.05) is 18.7 Å². The summed E-state index contributed by atoms with van der Waals surface area (Å²) in [5.74, 6) is -0.308. The number of aryl methyl sites for hydroxylation is 1. The number of anilines is 1. The predicted octanol–water partition coefficient (Wildman–Crippen LogP) is 2.30. The summed E-state index contributed by atoms with van der Waals surface area (Å²) in [5.41, 5.74) is -0.170. The molecule has 10 heteroatoms. The Morgan fingerprint density at radius 1 is 1.33 bits per heavy atom.